The summed E-state index contributed by atoms with van der Waals surface area (Å²) in [5, 5.41) is 9.20. The van der Waals surface area contributed by atoms with E-state index < -0.39 is 12.0 Å². The minimum Gasteiger partial charge on any atom is -0.478 e. The fraction of sp³-hybridized carbons (Fsp3) is 0.250. The molecule has 0 aromatic heterocycles. The number of benzene rings is 2. The van der Waals surface area contributed by atoms with Crippen LogP contribution in [0.5, 0.6) is 0 Å². The Balaban J connectivity index is 1.77. The first-order chi connectivity index (χ1) is 12.6. The lowest BCUT2D eigenvalue weighted by Crippen LogP contribution is -2.44. The summed E-state index contributed by atoms with van der Waals surface area (Å²) in [7, 11) is 0. The first-order valence-corrected chi connectivity index (χ1v) is 8.60. The number of amides is 2. The molecule has 0 spiro atoms. The number of anilines is 1. The number of hydrogen-bond donors (Lipinski definition) is 1. The molecular formula is C20H18N2O4. The van der Waals surface area contributed by atoms with Crippen LogP contribution in [0.1, 0.15) is 39.1 Å². The van der Waals surface area contributed by atoms with Crippen molar-refractivity contribution in [2.45, 2.75) is 25.4 Å². The lowest BCUT2D eigenvalue weighted by Gasteiger charge is -2.26. The van der Waals surface area contributed by atoms with Crippen LogP contribution in [-0.4, -0.2) is 40.4 Å². The predicted octanol–water partition coefficient (Wildman–Crippen LogP) is 2.54. The molecule has 1 saturated heterocycles. The number of aromatic carboxylic acids is 1. The van der Waals surface area contributed by atoms with Gasteiger partial charge in [-0.2, -0.15) is 0 Å². The molecule has 132 valence electrons. The number of fused-ring (bicyclic) bond motifs is 2. The molecule has 1 atom stereocenters. The average molecular weight is 350 g/mol. The maximum absolute atomic E-state index is 13.2. The van der Waals surface area contributed by atoms with Crippen molar-refractivity contribution in [3.05, 3.63) is 65.2 Å². The molecule has 2 aromatic carbocycles. The molecule has 1 fully saturated rings. The van der Waals surface area contributed by atoms with Crippen LogP contribution in [0.15, 0.2) is 48.5 Å². The van der Waals surface area contributed by atoms with Crippen LogP contribution in [-0.2, 0) is 11.3 Å². The van der Waals surface area contributed by atoms with E-state index in [1.54, 1.807) is 52.3 Å². The standard InChI is InChI=1S/C20H18N2O4/c23-18-15-7-1-2-8-16(15)22(19(24)17-9-4-10-21(17)18)12-13-5-3-6-14(11-13)20(25)26/h1-3,5-8,11,17H,4,9-10,12H2,(H,25,26)/t17-/m0/s1. The van der Waals surface area contributed by atoms with Gasteiger partial charge >= 0.3 is 5.97 Å². The zero-order valence-electron chi connectivity index (χ0n) is 14.1. The second-order valence-electron chi connectivity index (χ2n) is 6.60. The van der Waals surface area contributed by atoms with Crippen molar-refractivity contribution >= 4 is 23.5 Å². The molecule has 2 aliphatic heterocycles. The zero-order valence-corrected chi connectivity index (χ0v) is 14.1. The molecule has 26 heavy (non-hydrogen) atoms. The van der Waals surface area contributed by atoms with Crippen LogP contribution < -0.4 is 4.90 Å². The average Bonchev–Trinajstić information content (AvgIpc) is 3.12. The lowest BCUT2D eigenvalue weighted by atomic mass is 10.1. The molecule has 0 saturated carbocycles. The van der Waals surface area contributed by atoms with E-state index in [1.165, 1.54) is 6.07 Å². The summed E-state index contributed by atoms with van der Waals surface area (Å²) in [5.74, 6) is -1.23. The normalized spacial score (nSPS) is 19.2. The Labute approximate surface area is 150 Å². The number of carbonyl (C=O) groups is 3. The van der Waals surface area contributed by atoms with E-state index in [1.807, 2.05) is 0 Å². The van der Waals surface area contributed by atoms with Gasteiger partial charge in [-0.3, -0.25) is 9.59 Å². The van der Waals surface area contributed by atoms with E-state index in [0.717, 1.165) is 6.42 Å². The van der Waals surface area contributed by atoms with Gasteiger partial charge in [0.15, 0.2) is 0 Å². The Morgan fingerprint density at radius 3 is 2.73 bits per heavy atom. The number of para-hydroxylation sites is 1. The summed E-state index contributed by atoms with van der Waals surface area (Å²) < 4.78 is 0. The summed E-state index contributed by atoms with van der Waals surface area (Å²) in [5.41, 5.74) is 1.99. The van der Waals surface area contributed by atoms with Crippen LogP contribution in [0, 0.1) is 0 Å². The highest BCUT2D eigenvalue weighted by atomic mass is 16.4. The van der Waals surface area contributed by atoms with Gasteiger partial charge in [-0.1, -0.05) is 24.3 Å². The van der Waals surface area contributed by atoms with E-state index in [-0.39, 0.29) is 23.9 Å². The quantitative estimate of drug-likeness (QED) is 0.923. The summed E-state index contributed by atoms with van der Waals surface area (Å²) in [6, 6.07) is 13.2. The molecule has 2 aliphatic rings. The van der Waals surface area contributed by atoms with E-state index in [2.05, 4.69) is 0 Å². The Morgan fingerprint density at radius 1 is 1.12 bits per heavy atom. The van der Waals surface area contributed by atoms with Gasteiger partial charge in [0, 0.05) is 6.54 Å². The molecule has 0 bridgehead atoms. The molecule has 2 aromatic rings. The van der Waals surface area contributed by atoms with Crippen molar-refractivity contribution in [2.75, 3.05) is 11.4 Å². The first kappa shape index (κ1) is 16.3. The fourth-order valence-electron chi connectivity index (χ4n) is 3.76. The second-order valence-corrected chi connectivity index (χ2v) is 6.60. The molecule has 6 heteroatoms. The lowest BCUT2D eigenvalue weighted by molar-refractivity contribution is -0.122. The minimum atomic E-state index is -1.01. The van der Waals surface area contributed by atoms with Crippen molar-refractivity contribution in [1.82, 2.24) is 4.90 Å². The van der Waals surface area contributed by atoms with E-state index in [0.29, 0.717) is 29.8 Å². The molecule has 2 heterocycles. The van der Waals surface area contributed by atoms with Crippen LogP contribution in [0.2, 0.25) is 0 Å². The van der Waals surface area contributed by atoms with Crippen molar-refractivity contribution < 1.29 is 19.5 Å². The summed E-state index contributed by atoms with van der Waals surface area (Å²) >= 11 is 0. The third-order valence-electron chi connectivity index (χ3n) is 5.00. The second kappa shape index (κ2) is 6.29. The monoisotopic (exact) mass is 350 g/mol. The first-order valence-electron chi connectivity index (χ1n) is 8.60. The third-order valence-corrected chi connectivity index (χ3v) is 5.00. The number of carboxylic acids is 1. The van der Waals surface area contributed by atoms with E-state index >= 15 is 0 Å². The van der Waals surface area contributed by atoms with Crippen LogP contribution >= 0.6 is 0 Å². The van der Waals surface area contributed by atoms with Crippen LogP contribution in [0.3, 0.4) is 0 Å². The highest BCUT2D eigenvalue weighted by Gasteiger charge is 2.41. The van der Waals surface area contributed by atoms with Crippen LogP contribution in [0.25, 0.3) is 0 Å². The Morgan fingerprint density at radius 2 is 1.92 bits per heavy atom. The number of hydrogen-bond acceptors (Lipinski definition) is 3. The Kier molecular flexibility index (Phi) is 3.95. The Hall–Kier alpha value is -3.15. The molecule has 4 rings (SSSR count). The molecule has 1 N–H and O–H groups in total. The van der Waals surface area contributed by atoms with Crippen molar-refractivity contribution in [3.63, 3.8) is 0 Å². The highest BCUT2D eigenvalue weighted by molar-refractivity contribution is 6.11. The Bertz CT molecular complexity index is 908. The smallest absolute Gasteiger partial charge is 0.335 e. The molecule has 0 aliphatic carbocycles. The summed E-state index contributed by atoms with van der Waals surface area (Å²) in [6.07, 6.45) is 1.47. The van der Waals surface area contributed by atoms with Crippen LogP contribution in [0.4, 0.5) is 5.69 Å². The van der Waals surface area contributed by atoms with Crippen molar-refractivity contribution in [3.8, 4) is 0 Å². The van der Waals surface area contributed by atoms with Gasteiger partial charge in [0.25, 0.3) is 5.91 Å². The maximum Gasteiger partial charge on any atom is 0.335 e. The van der Waals surface area contributed by atoms with Gasteiger partial charge in [0.2, 0.25) is 5.91 Å². The predicted molar refractivity (Wildman–Crippen MR) is 95.1 cm³/mol. The van der Waals surface area contributed by atoms with Gasteiger partial charge in [-0.15, -0.1) is 0 Å². The minimum absolute atomic E-state index is 0.110. The van der Waals surface area contributed by atoms with Gasteiger partial charge < -0.3 is 14.9 Å². The largest absolute Gasteiger partial charge is 0.478 e. The number of rotatable bonds is 3. The van der Waals surface area contributed by atoms with Crippen molar-refractivity contribution in [1.29, 1.82) is 0 Å². The summed E-state index contributed by atoms with van der Waals surface area (Å²) in [4.78, 5) is 40.5. The third kappa shape index (κ3) is 2.63. The topological polar surface area (TPSA) is 77.9 Å². The number of carbonyl (C=O) groups excluding carboxylic acids is 2. The molecule has 6 nitrogen and oxygen atoms in total. The van der Waals surface area contributed by atoms with Gasteiger partial charge in [0.1, 0.15) is 6.04 Å². The molecular weight excluding hydrogens is 332 g/mol. The van der Waals surface area contributed by atoms with E-state index in [4.69, 9.17) is 0 Å². The SMILES string of the molecule is O=C(O)c1cccc(CN2C(=O)[C@@H]3CCCN3C(=O)c3ccccc32)c1. The fourth-order valence-corrected chi connectivity index (χ4v) is 3.76. The van der Waals surface area contributed by atoms with Crippen molar-refractivity contribution in [2.24, 2.45) is 0 Å². The highest BCUT2D eigenvalue weighted by Crippen LogP contribution is 2.33. The van der Waals surface area contributed by atoms with Gasteiger partial charge in [0.05, 0.1) is 23.4 Å². The van der Waals surface area contributed by atoms with Gasteiger partial charge in [-0.25, -0.2) is 4.79 Å². The maximum atomic E-state index is 13.2. The number of carboxylic acid groups (broad SMARTS) is 1. The van der Waals surface area contributed by atoms with E-state index in [9.17, 15) is 19.5 Å². The zero-order chi connectivity index (χ0) is 18.3. The summed E-state index contributed by atoms with van der Waals surface area (Å²) in [6.45, 7) is 0.820. The molecule has 0 radical (unpaired) electrons. The van der Waals surface area contributed by atoms with Gasteiger partial charge in [-0.05, 0) is 42.7 Å². The molecule has 2 amide bonds. The molecule has 0 unspecified atom stereocenters. The number of nitrogens with zero attached hydrogens (tertiary/aromatic N) is 2.